The fourth-order valence-electron chi connectivity index (χ4n) is 1.86. The van der Waals surface area contributed by atoms with Crippen LogP contribution in [0.5, 0.6) is 0 Å². The summed E-state index contributed by atoms with van der Waals surface area (Å²) in [4.78, 5) is 17.3. The van der Waals surface area contributed by atoms with Crippen LogP contribution in [0.25, 0.3) is 11.5 Å². The van der Waals surface area contributed by atoms with Crippen molar-refractivity contribution < 1.29 is 14.1 Å². The second-order valence-electron chi connectivity index (χ2n) is 4.32. The van der Waals surface area contributed by atoms with Gasteiger partial charge in [0.05, 0.1) is 7.11 Å². The van der Waals surface area contributed by atoms with E-state index in [2.05, 4.69) is 14.9 Å². The summed E-state index contributed by atoms with van der Waals surface area (Å²) in [5, 5.41) is 3.97. The predicted octanol–water partition coefficient (Wildman–Crippen LogP) is 3.18. The fraction of sp³-hybridized carbons (Fsp3) is 0.133. The minimum absolute atomic E-state index is 0.329. The number of hydrogen-bond acceptors (Lipinski definition) is 6. The Morgan fingerprint density at radius 1 is 1.24 bits per heavy atom. The third kappa shape index (κ3) is 3.00. The molecule has 0 unspecified atom stereocenters. The van der Waals surface area contributed by atoms with Gasteiger partial charge in [-0.05, 0) is 24.3 Å². The maximum absolute atomic E-state index is 11.4. The Morgan fingerprint density at radius 2 is 2.05 bits per heavy atom. The highest BCUT2D eigenvalue weighted by molar-refractivity contribution is 7.13. The summed E-state index contributed by atoms with van der Waals surface area (Å²) in [5.41, 5.74) is 0.887. The molecular formula is C15H12N2O3S. The molecule has 0 amide bonds. The monoisotopic (exact) mass is 300 g/mol. The van der Waals surface area contributed by atoms with Gasteiger partial charge in [-0.25, -0.2) is 4.79 Å². The number of nitrogens with zero attached hydrogens (tertiary/aromatic N) is 2. The zero-order valence-electron chi connectivity index (χ0n) is 11.3. The Morgan fingerprint density at radius 3 is 2.81 bits per heavy atom. The van der Waals surface area contributed by atoms with Crippen LogP contribution in [0.1, 0.15) is 20.4 Å². The lowest BCUT2D eigenvalue weighted by Gasteiger charge is -1.92. The SMILES string of the molecule is COC(=O)c1ccc(Cc2noc(-c3ccccc3)n2)s1. The molecule has 5 nitrogen and oxygen atoms in total. The van der Waals surface area contributed by atoms with Gasteiger partial charge in [0.2, 0.25) is 0 Å². The maximum Gasteiger partial charge on any atom is 0.348 e. The van der Waals surface area contributed by atoms with E-state index in [0.29, 0.717) is 23.0 Å². The van der Waals surface area contributed by atoms with Gasteiger partial charge in [-0.3, -0.25) is 0 Å². The summed E-state index contributed by atoms with van der Waals surface area (Å²) in [7, 11) is 1.37. The topological polar surface area (TPSA) is 65.2 Å². The summed E-state index contributed by atoms with van der Waals surface area (Å²) in [6.45, 7) is 0. The molecule has 0 saturated heterocycles. The van der Waals surface area contributed by atoms with Gasteiger partial charge in [0.1, 0.15) is 4.88 Å². The van der Waals surface area contributed by atoms with Gasteiger partial charge in [-0.2, -0.15) is 4.98 Å². The van der Waals surface area contributed by atoms with E-state index in [-0.39, 0.29) is 5.97 Å². The molecule has 0 N–H and O–H groups in total. The first-order valence-electron chi connectivity index (χ1n) is 6.31. The van der Waals surface area contributed by atoms with Crippen molar-refractivity contribution in [1.29, 1.82) is 0 Å². The summed E-state index contributed by atoms with van der Waals surface area (Å²) < 4.78 is 9.93. The van der Waals surface area contributed by atoms with Gasteiger partial charge >= 0.3 is 5.97 Å². The Kier molecular flexibility index (Phi) is 3.79. The van der Waals surface area contributed by atoms with Crippen molar-refractivity contribution in [3.63, 3.8) is 0 Å². The minimum Gasteiger partial charge on any atom is -0.465 e. The van der Waals surface area contributed by atoms with E-state index in [1.54, 1.807) is 6.07 Å². The Bertz CT molecular complexity index is 749. The van der Waals surface area contributed by atoms with Crippen molar-refractivity contribution in [2.75, 3.05) is 7.11 Å². The number of carbonyl (C=O) groups is 1. The lowest BCUT2D eigenvalue weighted by atomic mass is 10.2. The normalized spacial score (nSPS) is 10.5. The molecule has 1 aromatic carbocycles. The summed E-state index contributed by atoms with van der Waals surface area (Å²) in [6, 6.07) is 13.2. The smallest absolute Gasteiger partial charge is 0.348 e. The number of hydrogen-bond donors (Lipinski definition) is 0. The number of aromatic nitrogens is 2. The lowest BCUT2D eigenvalue weighted by molar-refractivity contribution is 0.0606. The van der Waals surface area contributed by atoms with Crippen LogP contribution in [0.3, 0.4) is 0 Å². The largest absolute Gasteiger partial charge is 0.465 e. The Balaban J connectivity index is 1.76. The number of methoxy groups -OCH3 is 1. The van der Waals surface area contributed by atoms with E-state index in [1.165, 1.54) is 18.4 Å². The van der Waals surface area contributed by atoms with Crippen LogP contribution in [-0.4, -0.2) is 23.2 Å². The van der Waals surface area contributed by atoms with Gasteiger partial charge in [0.25, 0.3) is 5.89 Å². The number of esters is 1. The Labute approximate surface area is 125 Å². The number of benzene rings is 1. The summed E-state index contributed by atoms with van der Waals surface area (Å²) in [6.07, 6.45) is 0.526. The summed E-state index contributed by atoms with van der Waals surface area (Å²) in [5.74, 6) is 0.756. The van der Waals surface area contributed by atoms with Crippen molar-refractivity contribution in [2.24, 2.45) is 0 Å². The Hall–Kier alpha value is -2.47. The molecule has 3 rings (SSSR count). The highest BCUT2D eigenvalue weighted by Crippen LogP contribution is 2.21. The van der Waals surface area contributed by atoms with Crippen LogP contribution >= 0.6 is 11.3 Å². The van der Waals surface area contributed by atoms with E-state index < -0.39 is 0 Å². The molecule has 3 aromatic rings. The standard InChI is InChI=1S/C15H12N2O3S/c1-19-15(18)12-8-7-11(21-12)9-13-16-14(20-17-13)10-5-3-2-4-6-10/h2-8H,9H2,1H3. The van der Waals surface area contributed by atoms with Gasteiger partial charge in [-0.1, -0.05) is 23.4 Å². The molecule has 21 heavy (non-hydrogen) atoms. The molecule has 0 aliphatic rings. The van der Waals surface area contributed by atoms with Crippen LogP contribution in [-0.2, 0) is 11.2 Å². The maximum atomic E-state index is 11.4. The zero-order chi connectivity index (χ0) is 14.7. The quantitative estimate of drug-likeness (QED) is 0.692. The minimum atomic E-state index is -0.329. The predicted molar refractivity (Wildman–Crippen MR) is 78.2 cm³/mol. The van der Waals surface area contributed by atoms with Crippen LogP contribution in [0.15, 0.2) is 47.0 Å². The molecule has 6 heteroatoms. The molecular weight excluding hydrogens is 288 g/mol. The first kappa shape index (κ1) is 13.5. The second kappa shape index (κ2) is 5.88. The van der Waals surface area contributed by atoms with Gasteiger partial charge in [0, 0.05) is 16.9 Å². The number of ether oxygens (including phenoxy) is 1. The molecule has 0 spiro atoms. The third-order valence-corrected chi connectivity index (χ3v) is 3.93. The zero-order valence-corrected chi connectivity index (χ0v) is 12.1. The number of carbonyl (C=O) groups excluding carboxylic acids is 1. The molecule has 0 aliphatic carbocycles. The molecule has 0 atom stereocenters. The average Bonchev–Trinajstić information content (AvgIpc) is 3.17. The van der Waals surface area contributed by atoms with Crippen molar-refractivity contribution in [1.82, 2.24) is 10.1 Å². The van der Waals surface area contributed by atoms with Crippen molar-refractivity contribution >= 4 is 17.3 Å². The van der Waals surface area contributed by atoms with E-state index in [9.17, 15) is 4.79 Å². The molecule has 0 radical (unpaired) electrons. The van der Waals surface area contributed by atoms with E-state index in [4.69, 9.17) is 4.52 Å². The molecule has 0 saturated carbocycles. The first-order chi connectivity index (χ1) is 10.3. The van der Waals surface area contributed by atoms with Gasteiger partial charge in [-0.15, -0.1) is 11.3 Å². The first-order valence-corrected chi connectivity index (χ1v) is 7.13. The third-order valence-electron chi connectivity index (χ3n) is 2.87. The highest BCUT2D eigenvalue weighted by atomic mass is 32.1. The van der Waals surface area contributed by atoms with Crippen LogP contribution < -0.4 is 0 Å². The van der Waals surface area contributed by atoms with Crippen molar-refractivity contribution in [3.8, 4) is 11.5 Å². The average molecular weight is 300 g/mol. The van der Waals surface area contributed by atoms with Crippen LogP contribution in [0, 0.1) is 0 Å². The molecule has 0 aliphatic heterocycles. The molecule has 2 heterocycles. The van der Waals surface area contributed by atoms with E-state index in [0.717, 1.165) is 10.4 Å². The van der Waals surface area contributed by atoms with E-state index in [1.807, 2.05) is 36.4 Å². The van der Waals surface area contributed by atoms with Crippen molar-refractivity contribution in [3.05, 3.63) is 58.0 Å². The molecule has 0 bridgehead atoms. The van der Waals surface area contributed by atoms with E-state index >= 15 is 0 Å². The fourth-order valence-corrected chi connectivity index (χ4v) is 2.79. The number of rotatable bonds is 4. The molecule has 106 valence electrons. The lowest BCUT2D eigenvalue weighted by Crippen LogP contribution is -1.96. The van der Waals surface area contributed by atoms with Gasteiger partial charge in [0.15, 0.2) is 5.82 Å². The number of thiophene rings is 1. The van der Waals surface area contributed by atoms with Crippen LogP contribution in [0.4, 0.5) is 0 Å². The van der Waals surface area contributed by atoms with Crippen LogP contribution in [0.2, 0.25) is 0 Å². The highest BCUT2D eigenvalue weighted by Gasteiger charge is 2.13. The second-order valence-corrected chi connectivity index (χ2v) is 5.48. The van der Waals surface area contributed by atoms with Gasteiger partial charge < -0.3 is 9.26 Å². The summed E-state index contributed by atoms with van der Waals surface area (Å²) >= 11 is 1.37. The van der Waals surface area contributed by atoms with Crippen molar-refractivity contribution in [2.45, 2.75) is 6.42 Å². The molecule has 2 aromatic heterocycles. The molecule has 0 fully saturated rings.